The van der Waals surface area contributed by atoms with E-state index in [1.54, 1.807) is 18.3 Å². The summed E-state index contributed by atoms with van der Waals surface area (Å²) in [5.41, 5.74) is 6.64. The van der Waals surface area contributed by atoms with Crippen LogP contribution in [0.15, 0.2) is 29.3 Å². The smallest absolute Gasteiger partial charge is 0.306 e. The van der Waals surface area contributed by atoms with Crippen molar-refractivity contribution in [3.8, 4) is 0 Å². The molecular weight excluding hydrogens is 267 g/mol. The third-order valence-corrected chi connectivity index (χ3v) is 3.70. The van der Waals surface area contributed by atoms with Gasteiger partial charge in [-0.1, -0.05) is 0 Å². The van der Waals surface area contributed by atoms with E-state index in [0.717, 1.165) is 0 Å². The molecule has 100 valence electrons. The van der Waals surface area contributed by atoms with Crippen LogP contribution < -0.4 is 5.73 Å². The van der Waals surface area contributed by atoms with Gasteiger partial charge in [0.05, 0.1) is 23.9 Å². The second kappa shape index (κ2) is 5.88. The minimum absolute atomic E-state index is 0.222. The van der Waals surface area contributed by atoms with Crippen LogP contribution in [0.25, 0.3) is 10.9 Å². The molecule has 0 amide bonds. The number of pyridine rings is 1. The predicted molar refractivity (Wildman–Crippen MR) is 73.5 cm³/mol. The van der Waals surface area contributed by atoms with Crippen LogP contribution in [0.3, 0.4) is 0 Å². The summed E-state index contributed by atoms with van der Waals surface area (Å²) in [6.07, 6.45) is 1.81. The molecule has 0 fully saturated rings. The molecule has 0 bridgehead atoms. The Hall–Kier alpha value is -1.82. The Bertz CT molecular complexity index is 619. The van der Waals surface area contributed by atoms with Crippen LogP contribution in [0.5, 0.6) is 0 Å². The van der Waals surface area contributed by atoms with Crippen molar-refractivity contribution < 1.29 is 13.9 Å². The highest BCUT2D eigenvalue weighted by atomic mass is 32.2. The van der Waals surface area contributed by atoms with E-state index in [1.807, 2.05) is 0 Å². The molecule has 0 aliphatic heterocycles. The SMILES string of the molecule is COC(=O)CCSc1c(F)cc(N)c2cccnc12. The molecule has 0 spiro atoms. The number of carbonyl (C=O) groups excluding carboxylic acids is 1. The molecular formula is C13H13FN2O2S. The molecule has 0 saturated carbocycles. The third kappa shape index (κ3) is 2.96. The number of halogens is 1. The van der Waals surface area contributed by atoms with Gasteiger partial charge in [0, 0.05) is 23.0 Å². The number of nitrogens with two attached hydrogens (primary N) is 1. The molecule has 1 aromatic heterocycles. The molecule has 0 aliphatic rings. The van der Waals surface area contributed by atoms with Gasteiger partial charge in [-0.15, -0.1) is 11.8 Å². The van der Waals surface area contributed by atoms with Gasteiger partial charge >= 0.3 is 5.97 Å². The monoisotopic (exact) mass is 280 g/mol. The Balaban J connectivity index is 2.29. The maximum Gasteiger partial charge on any atom is 0.306 e. The zero-order chi connectivity index (χ0) is 13.8. The highest BCUT2D eigenvalue weighted by Crippen LogP contribution is 2.33. The van der Waals surface area contributed by atoms with Crippen molar-refractivity contribution >= 4 is 34.3 Å². The first kappa shape index (κ1) is 13.6. The van der Waals surface area contributed by atoms with E-state index in [4.69, 9.17) is 5.73 Å². The first-order valence-corrected chi connectivity index (χ1v) is 6.64. The molecule has 2 N–H and O–H groups in total. The van der Waals surface area contributed by atoms with Gasteiger partial charge in [0.2, 0.25) is 0 Å². The van der Waals surface area contributed by atoms with Gasteiger partial charge in [-0.25, -0.2) is 4.39 Å². The summed E-state index contributed by atoms with van der Waals surface area (Å²) >= 11 is 1.24. The fourth-order valence-electron chi connectivity index (χ4n) is 1.69. The minimum atomic E-state index is -0.418. The van der Waals surface area contributed by atoms with Crippen molar-refractivity contribution in [1.29, 1.82) is 0 Å². The number of anilines is 1. The van der Waals surface area contributed by atoms with Crippen molar-refractivity contribution in [3.63, 3.8) is 0 Å². The minimum Gasteiger partial charge on any atom is -0.469 e. The zero-order valence-corrected chi connectivity index (χ0v) is 11.2. The standard InChI is InChI=1S/C13H13FN2O2S/c1-18-11(17)4-6-19-13-9(14)7-10(15)8-3-2-5-16-12(8)13/h2-3,5,7H,4,6,15H2,1H3. The van der Waals surface area contributed by atoms with E-state index in [9.17, 15) is 9.18 Å². The van der Waals surface area contributed by atoms with E-state index in [1.165, 1.54) is 24.9 Å². The fourth-order valence-corrected chi connectivity index (χ4v) is 2.66. The number of hydrogen-bond acceptors (Lipinski definition) is 5. The summed E-state index contributed by atoms with van der Waals surface area (Å²) in [4.78, 5) is 15.6. The van der Waals surface area contributed by atoms with Gasteiger partial charge in [-0.05, 0) is 18.2 Å². The second-order valence-corrected chi connectivity index (χ2v) is 4.96. The Morgan fingerprint density at radius 1 is 1.58 bits per heavy atom. The molecule has 1 aromatic carbocycles. The number of benzene rings is 1. The van der Waals surface area contributed by atoms with Crippen molar-refractivity contribution in [1.82, 2.24) is 4.98 Å². The summed E-state index contributed by atoms with van der Waals surface area (Å²) in [6.45, 7) is 0. The molecule has 2 rings (SSSR count). The molecule has 0 radical (unpaired) electrons. The number of nitrogen functional groups attached to an aromatic ring is 1. The predicted octanol–water partition coefficient (Wildman–Crippen LogP) is 2.61. The largest absolute Gasteiger partial charge is 0.469 e. The number of hydrogen-bond donors (Lipinski definition) is 1. The van der Waals surface area contributed by atoms with Gasteiger partial charge in [-0.3, -0.25) is 9.78 Å². The lowest BCUT2D eigenvalue weighted by atomic mass is 10.2. The topological polar surface area (TPSA) is 65.2 Å². The summed E-state index contributed by atoms with van der Waals surface area (Å²) in [5.74, 6) is -0.307. The second-order valence-electron chi connectivity index (χ2n) is 3.85. The maximum atomic E-state index is 13.9. The lowest BCUT2D eigenvalue weighted by Crippen LogP contribution is -2.01. The number of fused-ring (bicyclic) bond motifs is 1. The fraction of sp³-hybridized carbons (Fsp3) is 0.231. The average Bonchev–Trinajstić information content (AvgIpc) is 2.42. The van der Waals surface area contributed by atoms with Crippen molar-refractivity contribution in [2.75, 3.05) is 18.6 Å². The first-order valence-electron chi connectivity index (χ1n) is 5.66. The molecule has 0 unspecified atom stereocenters. The highest BCUT2D eigenvalue weighted by molar-refractivity contribution is 7.99. The van der Waals surface area contributed by atoms with E-state index in [-0.39, 0.29) is 12.4 Å². The van der Waals surface area contributed by atoms with Crippen LogP contribution in [0.4, 0.5) is 10.1 Å². The summed E-state index contributed by atoms with van der Waals surface area (Å²) < 4.78 is 18.5. The lowest BCUT2D eigenvalue weighted by Gasteiger charge is -2.08. The molecule has 0 aliphatic carbocycles. The van der Waals surface area contributed by atoms with E-state index >= 15 is 0 Å². The van der Waals surface area contributed by atoms with E-state index < -0.39 is 5.82 Å². The van der Waals surface area contributed by atoms with Gasteiger partial charge < -0.3 is 10.5 Å². The quantitative estimate of drug-likeness (QED) is 0.530. The van der Waals surface area contributed by atoms with Crippen molar-refractivity contribution in [2.45, 2.75) is 11.3 Å². The van der Waals surface area contributed by atoms with Crippen LogP contribution in [0, 0.1) is 5.82 Å². The number of thioether (sulfide) groups is 1. The van der Waals surface area contributed by atoms with Crippen LogP contribution in [0.2, 0.25) is 0 Å². The number of carbonyl (C=O) groups is 1. The lowest BCUT2D eigenvalue weighted by molar-refractivity contribution is -0.140. The van der Waals surface area contributed by atoms with Crippen molar-refractivity contribution in [3.05, 3.63) is 30.2 Å². The van der Waals surface area contributed by atoms with Crippen LogP contribution >= 0.6 is 11.8 Å². The summed E-state index contributed by atoms with van der Waals surface area (Å²) in [7, 11) is 1.33. The number of aromatic nitrogens is 1. The first-order chi connectivity index (χ1) is 9.13. The van der Waals surface area contributed by atoms with Crippen LogP contribution in [-0.4, -0.2) is 23.8 Å². The molecule has 0 saturated heterocycles. The number of esters is 1. The maximum absolute atomic E-state index is 13.9. The Morgan fingerprint density at radius 2 is 2.37 bits per heavy atom. The van der Waals surface area contributed by atoms with Gasteiger partial charge in [-0.2, -0.15) is 0 Å². The number of methoxy groups -OCH3 is 1. The number of ether oxygens (including phenoxy) is 1. The Kier molecular flexibility index (Phi) is 4.21. The normalized spacial score (nSPS) is 10.6. The molecule has 1 heterocycles. The van der Waals surface area contributed by atoms with E-state index in [0.29, 0.717) is 27.2 Å². The number of nitrogens with zero attached hydrogens (tertiary/aromatic N) is 1. The summed E-state index contributed by atoms with van der Waals surface area (Å²) in [5, 5.41) is 0.712. The van der Waals surface area contributed by atoms with Gasteiger partial charge in [0.1, 0.15) is 5.82 Å². The van der Waals surface area contributed by atoms with Gasteiger partial charge in [0.15, 0.2) is 0 Å². The Morgan fingerprint density at radius 3 is 3.11 bits per heavy atom. The molecule has 0 atom stereocenters. The van der Waals surface area contributed by atoms with Crippen LogP contribution in [-0.2, 0) is 9.53 Å². The summed E-state index contributed by atoms with van der Waals surface area (Å²) in [6, 6.07) is 4.82. The van der Waals surface area contributed by atoms with Crippen LogP contribution in [0.1, 0.15) is 6.42 Å². The molecule has 2 aromatic rings. The van der Waals surface area contributed by atoms with E-state index in [2.05, 4.69) is 9.72 Å². The zero-order valence-electron chi connectivity index (χ0n) is 10.4. The molecule has 19 heavy (non-hydrogen) atoms. The van der Waals surface area contributed by atoms with Gasteiger partial charge in [0.25, 0.3) is 0 Å². The number of rotatable bonds is 4. The molecule has 6 heteroatoms. The third-order valence-electron chi connectivity index (χ3n) is 2.61. The Labute approximate surface area is 114 Å². The highest BCUT2D eigenvalue weighted by Gasteiger charge is 2.13. The van der Waals surface area contributed by atoms with Crippen molar-refractivity contribution in [2.24, 2.45) is 0 Å². The molecule has 4 nitrogen and oxygen atoms in total. The average molecular weight is 280 g/mol.